The van der Waals surface area contributed by atoms with Gasteiger partial charge in [0.25, 0.3) is 11.8 Å². The van der Waals surface area contributed by atoms with Crippen molar-refractivity contribution in [1.82, 2.24) is 10.6 Å². The van der Waals surface area contributed by atoms with Gasteiger partial charge in [-0.1, -0.05) is 11.6 Å². The fraction of sp³-hybridized carbons (Fsp3) is 0.476. The lowest BCUT2D eigenvalue weighted by Gasteiger charge is -2.13. The predicted octanol–water partition coefficient (Wildman–Crippen LogP) is 2.36. The summed E-state index contributed by atoms with van der Waals surface area (Å²) in [6.07, 6.45) is 7.73. The quantitative estimate of drug-likeness (QED) is 0.474. The summed E-state index contributed by atoms with van der Waals surface area (Å²) < 4.78 is 10.2. The van der Waals surface area contributed by atoms with E-state index in [-0.39, 0.29) is 19.1 Å². The number of ether oxygens (including phenoxy) is 2. The highest BCUT2D eigenvalue weighted by atomic mass is 16.5. The van der Waals surface area contributed by atoms with Crippen LogP contribution in [0.2, 0.25) is 0 Å². The molecule has 2 rings (SSSR count). The number of hydrogen-bond donors (Lipinski definition) is 2. The van der Waals surface area contributed by atoms with Gasteiger partial charge >= 0.3 is 5.97 Å². The van der Waals surface area contributed by atoms with Crippen molar-refractivity contribution in [3.63, 3.8) is 0 Å². The van der Waals surface area contributed by atoms with Crippen LogP contribution in [0.1, 0.15) is 49.4 Å². The van der Waals surface area contributed by atoms with Crippen LogP contribution in [0.15, 0.2) is 35.9 Å². The van der Waals surface area contributed by atoms with Crippen LogP contribution in [-0.2, 0) is 14.3 Å². The molecule has 1 aromatic rings. The van der Waals surface area contributed by atoms with Gasteiger partial charge in [0.05, 0.1) is 6.61 Å². The van der Waals surface area contributed by atoms with Crippen LogP contribution in [0.5, 0.6) is 5.75 Å². The maximum Gasteiger partial charge on any atom is 0.325 e. The molecule has 0 atom stereocenters. The van der Waals surface area contributed by atoms with E-state index < -0.39 is 11.9 Å². The van der Waals surface area contributed by atoms with Crippen LogP contribution in [-0.4, -0.2) is 44.1 Å². The SMILES string of the molecule is CCOc1ccc(C(=O)NCC(=O)OCC(=O)NCCC2=CCCCC2)cc1. The highest BCUT2D eigenvalue weighted by molar-refractivity contribution is 5.96. The summed E-state index contributed by atoms with van der Waals surface area (Å²) in [5.74, 6) is -0.735. The second-order valence-electron chi connectivity index (χ2n) is 6.51. The van der Waals surface area contributed by atoms with Crippen molar-refractivity contribution in [1.29, 1.82) is 0 Å². The van der Waals surface area contributed by atoms with E-state index in [1.165, 1.54) is 18.4 Å². The van der Waals surface area contributed by atoms with Crippen molar-refractivity contribution in [3.8, 4) is 5.75 Å². The van der Waals surface area contributed by atoms with Gasteiger partial charge in [-0.3, -0.25) is 14.4 Å². The second kappa shape index (κ2) is 11.8. The third-order valence-corrected chi connectivity index (χ3v) is 4.34. The lowest BCUT2D eigenvalue weighted by atomic mass is 9.97. The van der Waals surface area contributed by atoms with E-state index in [0.717, 1.165) is 19.3 Å². The zero-order valence-corrected chi connectivity index (χ0v) is 16.3. The molecule has 152 valence electrons. The number of carbonyl (C=O) groups is 3. The molecule has 7 heteroatoms. The molecule has 1 aliphatic carbocycles. The van der Waals surface area contributed by atoms with Crippen LogP contribution >= 0.6 is 0 Å². The normalized spacial score (nSPS) is 13.2. The molecule has 1 aromatic carbocycles. The topological polar surface area (TPSA) is 93.7 Å². The van der Waals surface area contributed by atoms with Gasteiger partial charge in [0, 0.05) is 12.1 Å². The first-order chi connectivity index (χ1) is 13.6. The fourth-order valence-electron chi connectivity index (χ4n) is 2.87. The van der Waals surface area contributed by atoms with E-state index in [1.807, 2.05) is 6.92 Å². The van der Waals surface area contributed by atoms with Crippen LogP contribution in [0.4, 0.5) is 0 Å². The van der Waals surface area contributed by atoms with Gasteiger partial charge in [-0.05, 0) is 63.3 Å². The molecule has 7 nitrogen and oxygen atoms in total. The standard InChI is InChI=1S/C21H28N2O5/c1-2-27-18-10-8-17(9-11-18)21(26)23-14-20(25)28-15-19(24)22-13-12-16-6-4-3-5-7-16/h6,8-11H,2-5,7,12-15H2,1H3,(H,22,24)(H,23,26). The number of esters is 1. The lowest BCUT2D eigenvalue weighted by molar-refractivity contribution is -0.147. The summed E-state index contributed by atoms with van der Waals surface area (Å²) in [5.41, 5.74) is 1.78. The van der Waals surface area contributed by atoms with Gasteiger partial charge < -0.3 is 20.1 Å². The molecule has 0 saturated carbocycles. The summed E-state index contributed by atoms with van der Waals surface area (Å²) in [7, 11) is 0. The molecule has 0 unspecified atom stereocenters. The van der Waals surface area contributed by atoms with Gasteiger partial charge in [0.1, 0.15) is 12.3 Å². The molecule has 0 aromatic heterocycles. The minimum atomic E-state index is -0.663. The smallest absolute Gasteiger partial charge is 0.325 e. The van der Waals surface area contributed by atoms with Crippen LogP contribution in [0.25, 0.3) is 0 Å². The number of rotatable bonds is 10. The number of carbonyl (C=O) groups excluding carboxylic acids is 3. The zero-order chi connectivity index (χ0) is 20.2. The van der Waals surface area contributed by atoms with Gasteiger partial charge in [-0.15, -0.1) is 0 Å². The molecular weight excluding hydrogens is 360 g/mol. The molecule has 0 spiro atoms. The molecule has 0 saturated heterocycles. The van der Waals surface area contributed by atoms with Crippen LogP contribution in [0, 0.1) is 0 Å². The van der Waals surface area contributed by atoms with Gasteiger partial charge in [-0.2, -0.15) is 0 Å². The van der Waals surface area contributed by atoms with Crippen molar-refractivity contribution in [3.05, 3.63) is 41.5 Å². The predicted molar refractivity (Wildman–Crippen MR) is 105 cm³/mol. The summed E-state index contributed by atoms with van der Waals surface area (Å²) in [6.45, 7) is 2.31. The molecule has 0 bridgehead atoms. The van der Waals surface area contributed by atoms with E-state index in [0.29, 0.717) is 24.5 Å². The fourth-order valence-corrected chi connectivity index (χ4v) is 2.87. The summed E-state index contributed by atoms with van der Waals surface area (Å²) in [5, 5.41) is 5.20. The Balaban J connectivity index is 1.60. The molecule has 0 heterocycles. The molecule has 2 N–H and O–H groups in total. The average molecular weight is 388 g/mol. The van der Waals surface area contributed by atoms with E-state index in [4.69, 9.17) is 9.47 Å². The number of allylic oxidation sites excluding steroid dienone is 1. The highest BCUT2D eigenvalue weighted by Crippen LogP contribution is 2.19. The molecular formula is C21H28N2O5. The average Bonchev–Trinajstić information content (AvgIpc) is 2.72. The lowest BCUT2D eigenvalue weighted by Crippen LogP contribution is -2.34. The maximum atomic E-state index is 12.0. The summed E-state index contributed by atoms with van der Waals surface area (Å²) in [4.78, 5) is 35.4. The van der Waals surface area contributed by atoms with Crippen LogP contribution in [0.3, 0.4) is 0 Å². The number of benzene rings is 1. The molecule has 2 amide bonds. The zero-order valence-electron chi connectivity index (χ0n) is 16.3. The van der Waals surface area contributed by atoms with Crippen molar-refractivity contribution in [2.24, 2.45) is 0 Å². The van der Waals surface area contributed by atoms with Gasteiger partial charge in [-0.25, -0.2) is 0 Å². The molecule has 0 fully saturated rings. The van der Waals surface area contributed by atoms with Gasteiger partial charge in [0.15, 0.2) is 6.61 Å². The Kier molecular flexibility index (Phi) is 9.04. The third kappa shape index (κ3) is 7.82. The van der Waals surface area contributed by atoms with Crippen LogP contribution < -0.4 is 15.4 Å². The van der Waals surface area contributed by atoms with Crippen molar-refractivity contribution >= 4 is 17.8 Å². The minimum Gasteiger partial charge on any atom is -0.494 e. The van der Waals surface area contributed by atoms with E-state index >= 15 is 0 Å². The number of hydrogen-bond acceptors (Lipinski definition) is 5. The van der Waals surface area contributed by atoms with Crippen molar-refractivity contribution < 1.29 is 23.9 Å². The Labute approximate surface area is 165 Å². The molecule has 1 aliphatic rings. The number of nitrogens with one attached hydrogen (secondary N) is 2. The van der Waals surface area contributed by atoms with Crippen molar-refractivity contribution in [2.75, 3.05) is 26.3 Å². The first kappa shape index (κ1) is 21.5. The largest absolute Gasteiger partial charge is 0.494 e. The molecule has 28 heavy (non-hydrogen) atoms. The minimum absolute atomic E-state index is 0.299. The second-order valence-corrected chi connectivity index (χ2v) is 6.51. The van der Waals surface area contributed by atoms with E-state index in [1.54, 1.807) is 24.3 Å². The first-order valence-electron chi connectivity index (χ1n) is 9.69. The molecule has 0 aliphatic heterocycles. The summed E-state index contributed by atoms with van der Waals surface area (Å²) >= 11 is 0. The van der Waals surface area contributed by atoms with Crippen molar-refractivity contribution in [2.45, 2.75) is 39.0 Å². The third-order valence-electron chi connectivity index (χ3n) is 4.34. The molecule has 0 radical (unpaired) electrons. The maximum absolute atomic E-state index is 12.0. The monoisotopic (exact) mass is 388 g/mol. The van der Waals surface area contributed by atoms with E-state index in [2.05, 4.69) is 16.7 Å². The number of amides is 2. The van der Waals surface area contributed by atoms with E-state index in [9.17, 15) is 14.4 Å². The Morgan fingerprint density at radius 1 is 1.07 bits per heavy atom. The Hall–Kier alpha value is -2.83. The Morgan fingerprint density at radius 3 is 2.54 bits per heavy atom. The Bertz CT molecular complexity index is 697. The highest BCUT2D eigenvalue weighted by Gasteiger charge is 2.11. The van der Waals surface area contributed by atoms with Gasteiger partial charge in [0.2, 0.25) is 0 Å². The Morgan fingerprint density at radius 2 is 1.86 bits per heavy atom. The summed E-state index contributed by atoms with van der Waals surface area (Å²) in [6, 6.07) is 6.59. The first-order valence-corrected chi connectivity index (χ1v) is 9.69.